The van der Waals surface area contributed by atoms with Crippen LogP contribution >= 0.6 is 0 Å². The molecule has 0 spiro atoms. The smallest absolute Gasteiger partial charge is 0.0300 e. The molecule has 0 saturated heterocycles. The molecular weight excluding hydrogens is 206 g/mol. The molecule has 1 nitrogen and oxygen atoms in total. The van der Waals surface area contributed by atoms with Gasteiger partial charge in [-0.15, -0.1) is 0 Å². The maximum absolute atomic E-state index is 6.33. The summed E-state index contributed by atoms with van der Waals surface area (Å²) in [7, 11) is 0. The van der Waals surface area contributed by atoms with E-state index in [1.807, 2.05) is 0 Å². The molecule has 0 radical (unpaired) electrons. The van der Waals surface area contributed by atoms with Gasteiger partial charge in [0.1, 0.15) is 0 Å². The maximum atomic E-state index is 6.33. The second kappa shape index (κ2) is 4.15. The molecule has 2 aromatic carbocycles. The molecule has 0 heterocycles. The number of fused-ring (bicyclic) bond motifs is 3. The second-order valence-corrected chi connectivity index (χ2v) is 5.34. The minimum absolute atomic E-state index is 0.215. The van der Waals surface area contributed by atoms with Crippen molar-refractivity contribution in [1.29, 1.82) is 0 Å². The zero-order chi connectivity index (χ0) is 11.8. The maximum Gasteiger partial charge on any atom is 0.0300 e. The zero-order valence-corrected chi connectivity index (χ0v) is 10.3. The van der Waals surface area contributed by atoms with Gasteiger partial charge in [-0.1, -0.05) is 43.3 Å². The number of aryl methyl sites for hydroxylation is 1. The summed E-state index contributed by atoms with van der Waals surface area (Å²) in [5.74, 6) is 0.733. The predicted molar refractivity (Wildman–Crippen MR) is 73.0 cm³/mol. The summed E-state index contributed by atoms with van der Waals surface area (Å²) in [6.45, 7) is 2.31. The van der Waals surface area contributed by atoms with Crippen molar-refractivity contribution in [2.45, 2.75) is 32.2 Å². The highest BCUT2D eigenvalue weighted by atomic mass is 14.6. The van der Waals surface area contributed by atoms with Gasteiger partial charge in [-0.2, -0.15) is 0 Å². The average molecular weight is 225 g/mol. The Labute approximate surface area is 103 Å². The van der Waals surface area contributed by atoms with E-state index in [2.05, 4.69) is 43.3 Å². The Bertz CT molecular complexity index is 544. The van der Waals surface area contributed by atoms with Crippen molar-refractivity contribution in [3.8, 4) is 0 Å². The molecule has 17 heavy (non-hydrogen) atoms. The van der Waals surface area contributed by atoms with Crippen LogP contribution in [0.25, 0.3) is 10.8 Å². The predicted octanol–water partition coefficient (Wildman–Crippen LogP) is 3.81. The molecule has 1 aliphatic rings. The molecule has 1 heteroatoms. The quantitative estimate of drug-likeness (QED) is 0.678. The summed E-state index contributed by atoms with van der Waals surface area (Å²) in [5.41, 5.74) is 9.18. The van der Waals surface area contributed by atoms with Crippen LogP contribution in [0.5, 0.6) is 0 Å². The normalized spacial score (nSPS) is 24.4. The largest absolute Gasteiger partial charge is 0.324 e. The molecule has 0 saturated carbocycles. The topological polar surface area (TPSA) is 26.0 Å². The van der Waals surface area contributed by atoms with Crippen molar-refractivity contribution in [3.63, 3.8) is 0 Å². The highest BCUT2D eigenvalue weighted by Crippen LogP contribution is 2.34. The van der Waals surface area contributed by atoms with Gasteiger partial charge in [0.05, 0.1) is 0 Å². The van der Waals surface area contributed by atoms with Crippen LogP contribution in [0.4, 0.5) is 0 Å². The number of hydrogen-bond acceptors (Lipinski definition) is 1. The molecule has 1 aliphatic carbocycles. The zero-order valence-electron chi connectivity index (χ0n) is 10.3. The number of hydrogen-bond donors (Lipinski definition) is 1. The fourth-order valence-corrected chi connectivity index (χ4v) is 3.05. The summed E-state index contributed by atoms with van der Waals surface area (Å²) in [5, 5.41) is 2.74. The number of rotatable bonds is 0. The van der Waals surface area contributed by atoms with Crippen LogP contribution in [0.15, 0.2) is 36.4 Å². The first-order valence-electron chi connectivity index (χ1n) is 6.52. The molecule has 2 unspecified atom stereocenters. The minimum atomic E-state index is 0.215. The molecule has 0 aromatic heterocycles. The molecule has 2 aromatic rings. The third-order valence-electron chi connectivity index (χ3n) is 4.02. The van der Waals surface area contributed by atoms with Crippen LogP contribution in [0.2, 0.25) is 0 Å². The van der Waals surface area contributed by atoms with Gasteiger partial charge in [0.15, 0.2) is 0 Å². The van der Waals surface area contributed by atoms with Gasteiger partial charge >= 0.3 is 0 Å². The third kappa shape index (κ3) is 1.85. The first kappa shape index (κ1) is 10.8. The molecular formula is C16H19N. The lowest BCUT2D eigenvalue weighted by molar-refractivity contribution is 0.464. The summed E-state index contributed by atoms with van der Waals surface area (Å²) >= 11 is 0. The van der Waals surface area contributed by atoms with Crippen molar-refractivity contribution in [2.75, 3.05) is 0 Å². The Morgan fingerprint density at radius 2 is 1.94 bits per heavy atom. The van der Waals surface area contributed by atoms with Gasteiger partial charge in [0.25, 0.3) is 0 Å². The van der Waals surface area contributed by atoms with Crippen LogP contribution in [0.3, 0.4) is 0 Å². The summed E-state index contributed by atoms with van der Waals surface area (Å²) in [6, 6.07) is 13.3. The number of nitrogens with two attached hydrogens (primary N) is 1. The standard InChI is InChI=1S/C16H19N/c1-11-6-8-14-13-5-3-2-4-12(13)7-9-15(14)16(17)10-11/h2-5,7,9,11,16H,6,8,10,17H2,1H3. The third-order valence-corrected chi connectivity index (χ3v) is 4.02. The lowest BCUT2D eigenvalue weighted by atomic mass is 9.94. The molecule has 88 valence electrons. The van der Waals surface area contributed by atoms with Crippen molar-refractivity contribution in [2.24, 2.45) is 11.7 Å². The molecule has 0 aliphatic heterocycles. The van der Waals surface area contributed by atoms with Crippen LogP contribution in [0, 0.1) is 5.92 Å². The van der Waals surface area contributed by atoms with Gasteiger partial charge in [0.2, 0.25) is 0 Å². The second-order valence-electron chi connectivity index (χ2n) is 5.34. The molecule has 2 atom stereocenters. The van der Waals surface area contributed by atoms with Crippen molar-refractivity contribution in [3.05, 3.63) is 47.5 Å². The van der Waals surface area contributed by atoms with Gasteiger partial charge in [0, 0.05) is 6.04 Å². The minimum Gasteiger partial charge on any atom is -0.324 e. The lowest BCUT2D eigenvalue weighted by Gasteiger charge is -2.15. The highest BCUT2D eigenvalue weighted by molar-refractivity contribution is 5.87. The molecule has 0 bridgehead atoms. The SMILES string of the molecule is CC1CCc2c(ccc3ccccc23)C(N)C1. The van der Waals surface area contributed by atoms with Gasteiger partial charge < -0.3 is 5.73 Å². The van der Waals surface area contributed by atoms with Crippen LogP contribution in [-0.4, -0.2) is 0 Å². The van der Waals surface area contributed by atoms with Crippen molar-refractivity contribution >= 4 is 10.8 Å². The Hall–Kier alpha value is -1.34. The number of benzene rings is 2. The first-order chi connectivity index (χ1) is 8.25. The summed E-state index contributed by atoms with van der Waals surface area (Å²) in [6.07, 6.45) is 3.55. The molecule has 3 rings (SSSR count). The van der Waals surface area contributed by atoms with E-state index in [-0.39, 0.29) is 6.04 Å². The Balaban J connectivity index is 2.22. The van der Waals surface area contributed by atoms with E-state index in [4.69, 9.17) is 5.73 Å². The molecule has 0 fully saturated rings. The van der Waals surface area contributed by atoms with E-state index < -0.39 is 0 Å². The van der Waals surface area contributed by atoms with Crippen LogP contribution in [-0.2, 0) is 6.42 Å². The lowest BCUT2D eigenvalue weighted by Crippen LogP contribution is -2.12. The van der Waals surface area contributed by atoms with Crippen molar-refractivity contribution < 1.29 is 0 Å². The van der Waals surface area contributed by atoms with E-state index in [9.17, 15) is 0 Å². The first-order valence-corrected chi connectivity index (χ1v) is 6.52. The van der Waals surface area contributed by atoms with Gasteiger partial charge in [-0.25, -0.2) is 0 Å². The van der Waals surface area contributed by atoms with Crippen LogP contribution in [0.1, 0.15) is 36.9 Å². The summed E-state index contributed by atoms with van der Waals surface area (Å²) in [4.78, 5) is 0. The van der Waals surface area contributed by atoms with Gasteiger partial charge in [-0.05, 0) is 47.1 Å². The fraction of sp³-hybridized carbons (Fsp3) is 0.375. The van der Waals surface area contributed by atoms with E-state index in [1.165, 1.54) is 34.7 Å². The highest BCUT2D eigenvalue weighted by Gasteiger charge is 2.20. The average Bonchev–Trinajstić information content (AvgIpc) is 2.49. The van der Waals surface area contributed by atoms with E-state index >= 15 is 0 Å². The summed E-state index contributed by atoms with van der Waals surface area (Å²) < 4.78 is 0. The Morgan fingerprint density at radius 1 is 1.12 bits per heavy atom. The Morgan fingerprint density at radius 3 is 2.82 bits per heavy atom. The van der Waals surface area contributed by atoms with E-state index in [1.54, 1.807) is 0 Å². The van der Waals surface area contributed by atoms with Crippen LogP contribution < -0.4 is 5.73 Å². The molecule has 2 N–H and O–H groups in total. The van der Waals surface area contributed by atoms with Crippen molar-refractivity contribution in [1.82, 2.24) is 0 Å². The van der Waals surface area contributed by atoms with E-state index in [0.29, 0.717) is 0 Å². The van der Waals surface area contributed by atoms with E-state index in [0.717, 1.165) is 12.3 Å². The Kier molecular flexibility index (Phi) is 2.64. The monoisotopic (exact) mass is 225 g/mol. The molecule has 0 amide bonds. The van der Waals surface area contributed by atoms with Gasteiger partial charge in [-0.3, -0.25) is 0 Å². The fourth-order valence-electron chi connectivity index (χ4n) is 3.05.